The fourth-order valence-electron chi connectivity index (χ4n) is 6.65. The molecule has 23 heavy (non-hydrogen) atoms. The lowest BCUT2D eigenvalue weighted by atomic mass is 9.51. The molecular formula is C21H28NO+. The van der Waals surface area contributed by atoms with E-state index >= 15 is 0 Å². The van der Waals surface area contributed by atoms with E-state index in [4.69, 9.17) is 4.74 Å². The molecule has 0 amide bonds. The van der Waals surface area contributed by atoms with Crippen LogP contribution in [0.15, 0.2) is 24.8 Å². The number of benzene rings is 1. The summed E-state index contributed by atoms with van der Waals surface area (Å²) in [5, 5.41) is 0. The maximum atomic E-state index is 6.61. The van der Waals surface area contributed by atoms with Gasteiger partial charge in [-0.1, -0.05) is 18.7 Å². The largest absolute Gasteiger partial charge is 0.489 e. The molecular weight excluding hydrogens is 282 g/mol. The zero-order chi connectivity index (χ0) is 15.8. The number of nitrogens with zero attached hydrogens (tertiary/aromatic N) is 1. The molecule has 1 saturated carbocycles. The van der Waals surface area contributed by atoms with E-state index in [1.165, 1.54) is 54.4 Å². The van der Waals surface area contributed by atoms with E-state index in [1.807, 2.05) is 0 Å². The molecule has 2 aliphatic carbocycles. The number of hydrogen-bond acceptors (Lipinski definition) is 1. The van der Waals surface area contributed by atoms with Crippen LogP contribution >= 0.6 is 0 Å². The van der Waals surface area contributed by atoms with E-state index in [9.17, 15) is 0 Å². The Morgan fingerprint density at radius 1 is 1.39 bits per heavy atom. The molecule has 5 atom stereocenters. The van der Waals surface area contributed by atoms with E-state index in [0.717, 1.165) is 18.5 Å². The maximum Gasteiger partial charge on any atom is 0.126 e. The number of rotatable bonds is 2. The number of aryl methyl sites for hydroxylation is 1. The van der Waals surface area contributed by atoms with Gasteiger partial charge in [0.1, 0.15) is 11.9 Å². The van der Waals surface area contributed by atoms with Gasteiger partial charge < -0.3 is 9.22 Å². The monoisotopic (exact) mass is 310 g/mol. The lowest BCUT2D eigenvalue weighted by Crippen LogP contribution is -2.70. The third-order valence-corrected chi connectivity index (χ3v) is 7.66. The van der Waals surface area contributed by atoms with E-state index < -0.39 is 0 Å². The summed E-state index contributed by atoms with van der Waals surface area (Å²) in [7, 11) is 2.47. The summed E-state index contributed by atoms with van der Waals surface area (Å²) in [6.45, 7) is 8.66. The second-order valence-corrected chi connectivity index (χ2v) is 8.63. The van der Waals surface area contributed by atoms with Gasteiger partial charge in [-0.25, -0.2) is 0 Å². The summed E-state index contributed by atoms with van der Waals surface area (Å²) >= 11 is 0. The van der Waals surface area contributed by atoms with Crippen molar-refractivity contribution in [2.45, 2.75) is 56.6 Å². The van der Waals surface area contributed by atoms with Crippen LogP contribution in [0.4, 0.5) is 0 Å². The van der Waals surface area contributed by atoms with Crippen molar-refractivity contribution in [3.05, 3.63) is 41.5 Å². The number of piperidine rings is 1. The highest BCUT2D eigenvalue weighted by Crippen LogP contribution is 2.63. The van der Waals surface area contributed by atoms with Gasteiger partial charge in [0.05, 0.1) is 26.2 Å². The van der Waals surface area contributed by atoms with Gasteiger partial charge in [0.25, 0.3) is 0 Å². The van der Waals surface area contributed by atoms with Gasteiger partial charge in [0.15, 0.2) is 0 Å². The fourth-order valence-corrected chi connectivity index (χ4v) is 6.65. The number of likely N-dealkylation sites (N-methyl/N-ethyl adjacent to an activating group) is 1. The predicted octanol–water partition coefficient (Wildman–Crippen LogP) is 3.75. The van der Waals surface area contributed by atoms with Gasteiger partial charge in [-0.05, 0) is 43.4 Å². The summed E-state index contributed by atoms with van der Waals surface area (Å²) in [6, 6.07) is 5.44. The Morgan fingerprint density at radius 3 is 3.09 bits per heavy atom. The first-order valence-corrected chi connectivity index (χ1v) is 9.35. The van der Waals surface area contributed by atoms with Crippen molar-refractivity contribution in [3.8, 4) is 5.75 Å². The van der Waals surface area contributed by atoms with Crippen molar-refractivity contribution in [1.29, 1.82) is 0 Å². The highest BCUT2D eigenvalue weighted by Gasteiger charge is 2.66. The Hall–Kier alpha value is -1.28. The van der Waals surface area contributed by atoms with Gasteiger partial charge in [0.2, 0.25) is 0 Å². The Kier molecular flexibility index (Phi) is 2.71. The lowest BCUT2D eigenvalue weighted by Gasteiger charge is -2.60. The zero-order valence-electron chi connectivity index (χ0n) is 14.5. The summed E-state index contributed by atoms with van der Waals surface area (Å²) in [5.41, 5.74) is 4.90. The molecule has 2 fully saturated rings. The standard InChI is InChI=1S/C21H28NO/c1-4-11-22(3)12-10-21-16-6-5-7-18(21)23-20-14(2)8-9-15(19(20)21)13-17(16)22/h4,8-9,16-18H,1,5-7,10-13H2,2-3H3/q+1/t16?,17?,18?,21-,22+/m1/s1. The van der Waals surface area contributed by atoms with Crippen LogP contribution in [-0.2, 0) is 11.8 Å². The SMILES string of the molecule is C=CC[N@@+]1(C)CC[C@]23c4c5ccc(C)c4OC2CCCC3C1C5. The van der Waals surface area contributed by atoms with Crippen molar-refractivity contribution in [1.82, 2.24) is 0 Å². The molecule has 4 aliphatic rings. The topological polar surface area (TPSA) is 9.23 Å². The molecule has 2 bridgehead atoms. The second kappa shape index (κ2) is 4.42. The summed E-state index contributed by atoms with van der Waals surface area (Å²) in [5.74, 6) is 2.06. The Bertz CT molecular complexity index is 695. The molecule has 1 aromatic rings. The van der Waals surface area contributed by atoms with Crippen LogP contribution in [0.2, 0.25) is 0 Å². The first-order valence-electron chi connectivity index (χ1n) is 9.35. The molecule has 3 unspecified atom stereocenters. The van der Waals surface area contributed by atoms with E-state index in [-0.39, 0.29) is 0 Å². The van der Waals surface area contributed by atoms with E-state index in [2.05, 4.69) is 38.8 Å². The number of likely N-dealkylation sites (tertiary alicyclic amines) is 1. The molecule has 1 aromatic carbocycles. The Morgan fingerprint density at radius 2 is 2.26 bits per heavy atom. The molecule has 122 valence electrons. The molecule has 0 aromatic heterocycles. The molecule has 2 aliphatic heterocycles. The Labute approximate surface area is 139 Å². The first kappa shape index (κ1) is 14.1. The normalized spacial score (nSPS) is 42.8. The predicted molar refractivity (Wildman–Crippen MR) is 92.8 cm³/mol. The number of hydrogen-bond donors (Lipinski definition) is 0. The highest BCUT2D eigenvalue weighted by molar-refractivity contribution is 5.57. The van der Waals surface area contributed by atoms with Crippen molar-refractivity contribution in [2.75, 3.05) is 20.1 Å². The first-order chi connectivity index (χ1) is 11.1. The molecule has 5 rings (SSSR count). The highest BCUT2D eigenvalue weighted by atomic mass is 16.5. The van der Waals surface area contributed by atoms with Gasteiger partial charge in [-0.15, -0.1) is 0 Å². The summed E-state index contributed by atoms with van der Waals surface area (Å²) < 4.78 is 7.80. The molecule has 0 radical (unpaired) electrons. The van der Waals surface area contributed by atoms with Gasteiger partial charge in [0, 0.05) is 29.7 Å². The lowest BCUT2D eigenvalue weighted by molar-refractivity contribution is -0.940. The van der Waals surface area contributed by atoms with Crippen molar-refractivity contribution in [2.24, 2.45) is 5.92 Å². The average Bonchev–Trinajstić information content (AvgIpc) is 2.88. The molecule has 2 nitrogen and oxygen atoms in total. The minimum atomic E-state index is 0.330. The smallest absolute Gasteiger partial charge is 0.126 e. The third-order valence-electron chi connectivity index (χ3n) is 7.66. The molecule has 1 spiro atoms. The van der Waals surface area contributed by atoms with Crippen LogP contribution in [0.3, 0.4) is 0 Å². The van der Waals surface area contributed by atoms with Gasteiger partial charge in [-0.3, -0.25) is 0 Å². The quantitative estimate of drug-likeness (QED) is 0.597. The summed E-state index contributed by atoms with van der Waals surface area (Å²) in [4.78, 5) is 0. The summed E-state index contributed by atoms with van der Waals surface area (Å²) in [6.07, 6.45) is 9.09. The van der Waals surface area contributed by atoms with Crippen LogP contribution in [0.1, 0.15) is 42.4 Å². The number of ether oxygens (including phenoxy) is 1. The number of quaternary nitrogens is 1. The van der Waals surface area contributed by atoms with E-state index in [0.29, 0.717) is 11.5 Å². The molecule has 0 N–H and O–H groups in total. The van der Waals surface area contributed by atoms with E-state index in [1.54, 1.807) is 11.1 Å². The minimum absolute atomic E-state index is 0.330. The molecule has 2 heterocycles. The maximum absolute atomic E-state index is 6.61. The fraction of sp³-hybridized carbons (Fsp3) is 0.619. The van der Waals surface area contributed by atoms with Crippen molar-refractivity contribution >= 4 is 0 Å². The van der Waals surface area contributed by atoms with Crippen LogP contribution in [0, 0.1) is 12.8 Å². The van der Waals surface area contributed by atoms with Crippen LogP contribution < -0.4 is 4.74 Å². The van der Waals surface area contributed by atoms with Gasteiger partial charge >= 0.3 is 0 Å². The molecule has 1 saturated heterocycles. The van der Waals surface area contributed by atoms with Crippen molar-refractivity contribution < 1.29 is 9.22 Å². The van der Waals surface area contributed by atoms with Crippen LogP contribution in [-0.4, -0.2) is 36.8 Å². The third kappa shape index (κ3) is 1.54. The van der Waals surface area contributed by atoms with Crippen LogP contribution in [0.25, 0.3) is 0 Å². The molecule has 2 heteroatoms. The van der Waals surface area contributed by atoms with Gasteiger partial charge in [-0.2, -0.15) is 0 Å². The minimum Gasteiger partial charge on any atom is -0.489 e. The van der Waals surface area contributed by atoms with Crippen LogP contribution in [0.5, 0.6) is 5.75 Å². The average molecular weight is 310 g/mol. The zero-order valence-corrected chi connectivity index (χ0v) is 14.5. The Balaban J connectivity index is 1.74. The second-order valence-electron chi connectivity index (χ2n) is 8.63. The van der Waals surface area contributed by atoms with Crippen molar-refractivity contribution in [3.63, 3.8) is 0 Å².